The van der Waals surface area contributed by atoms with Crippen molar-refractivity contribution in [2.45, 2.75) is 34.6 Å². The van der Waals surface area contributed by atoms with Crippen molar-refractivity contribution in [2.24, 2.45) is 0 Å². The summed E-state index contributed by atoms with van der Waals surface area (Å²) < 4.78 is 7.46. The highest BCUT2D eigenvalue weighted by atomic mass is 32.1. The third kappa shape index (κ3) is 4.22. The summed E-state index contributed by atoms with van der Waals surface area (Å²) in [5.74, 6) is -0.707. The van der Waals surface area contributed by atoms with Crippen LogP contribution in [0.4, 0.5) is 0 Å². The van der Waals surface area contributed by atoms with E-state index in [0.717, 1.165) is 26.8 Å². The molecule has 3 heterocycles. The number of aryl methyl sites for hydroxylation is 3. The van der Waals surface area contributed by atoms with Crippen LogP contribution in [0.15, 0.2) is 12.1 Å². The molecule has 1 aliphatic heterocycles. The third-order valence-electron chi connectivity index (χ3n) is 5.45. The Morgan fingerprint density at radius 3 is 2.07 bits per heavy atom. The van der Waals surface area contributed by atoms with Crippen molar-refractivity contribution in [2.75, 3.05) is 32.8 Å². The Morgan fingerprint density at radius 2 is 1.52 bits per heavy atom. The second-order valence-electron chi connectivity index (χ2n) is 7.38. The SMILES string of the molecule is CC(=O)N1CCN(C(=O)COC(=O)c2c(-n3c(C)ccc3C)sc(C)c2C)CC1. The van der Waals surface area contributed by atoms with Crippen molar-refractivity contribution < 1.29 is 19.1 Å². The van der Waals surface area contributed by atoms with Crippen LogP contribution in [0, 0.1) is 27.7 Å². The van der Waals surface area contributed by atoms with Crippen LogP contribution >= 0.6 is 11.3 Å². The molecule has 0 unspecified atom stereocenters. The average Bonchev–Trinajstić information content (AvgIpc) is 3.17. The lowest BCUT2D eigenvalue weighted by Gasteiger charge is -2.34. The van der Waals surface area contributed by atoms with Gasteiger partial charge in [-0.15, -0.1) is 11.3 Å². The Labute approximate surface area is 174 Å². The first kappa shape index (κ1) is 21.1. The predicted octanol–water partition coefficient (Wildman–Crippen LogP) is 2.62. The van der Waals surface area contributed by atoms with E-state index in [4.69, 9.17) is 4.74 Å². The van der Waals surface area contributed by atoms with Gasteiger partial charge in [0.25, 0.3) is 5.91 Å². The van der Waals surface area contributed by atoms with Crippen LogP contribution in [0.3, 0.4) is 0 Å². The van der Waals surface area contributed by atoms with Crippen molar-refractivity contribution >= 4 is 29.1 Å². The van der Waals surface area contributed by atoms with Crippen LogP contribution in [0.1, 0.15) is 39.1 Å². The zero-order valence-corrected chi connectivity index (χ0v) is 18.4. The summed E-state index contributed by atoms with van der Waals surface area (Å²) in [5, 5.41) is 0.826. The summed E-state index contributed by atoms with van der Waals surface area (Å²) in [4.78, 5) is 41.2. The minimum Gasteiger partial charge on any atom is -0.452 e. The summed E-state index contributed by atoms with van der Waals surface area (Å²) >= 11 is 1.55. The van der Waals surface area contributed by atoms with Gasteiger partial charge in [-0.2, -0.15) is 0 Å². The molecule has 1 aliphatic rings. The van der Waals surface area contributed by atoms with E-state index in [9.17, 15) is 14.4 Å². The standard InChI is InChI=1S/C21H27N3O4S/c1-13-6-7-14(2)24(13)20-19(15(3)16(4)29-20)21(27)28-12-18(26)23-10-8-22(9-11-23)17(5)25/h6-7H,8-12H2,1-5H3. The first-order valence-electron chi connectivity index (χ1n) is 9.66. The molecule has 7 nitrogen and oxygen atoms in total. The number of carbonyl (C=O) groups is 3. The van der Waals surface area contributed by atoms with Crippen molar-refractivity contribution in [1.82, 2.24) is 14.4 Å². The summed E-state index contributed by atoms with van der Waals surface area (Å²) in [6, 6.07) is 4.03. The summed E-state index contributed by atoms with van der Waals surface area (Å²) in [6.07, 6.45) is 0. The highest BCUT2D eigenvalue weighted by Crippen LogP contribution is 2.33. The largest absolute Gasteiger partial charge is 0.452 e. The van der Waals surface area contributed by atoms with Crippen LogP contribution < -0.4 is 0 Å². The number of aromatic nitrogens is 1. The molecule has 0 aliphatic carbocycles. The number of thiophene rings is 1. The number of amides is 2. The van der Waals surface area contributed by atoms with E-state index >= 15 is 0 Å². The predicted molar refractivity (Wildman–Crippen MR) is 112 cm³/mol. The maximum atomic E-state index is 12.9. The molecule has 0 saturated carbocycles. The molecule has 0 aromatic carbocycles. The van der Waals surface area contributed by atoms with Crippen LogP contribution in [0.2, 0.25) is 0 Å². The van der Waals surface area contributed by atoms with E-state index in [2.05, 4.69) is 0 Å². The Bertz CT molecular complexity index is 932. The molecule has 8 heteroatoms. The molecule has 156 valence electrons. The normalized spacial score (nSPS) is 14.2. The zero-order valence-electron chi connectivity index (χ0n) is 17.6. The van der Waals surface area contributed by atoms with Gasteiger partial charge in [0.1, 0.15) is 5.00 Å². The van der Waals surface area contributed by atoms with Gasteiger partial charge in [0.15, 0.2) is 6.61 Å². The molecular weight excluding hydrogens is 390 g/mol. The fourth-order valence-electron chi connectivity index (χ4n) is 3.56. The number of rotatable bonds is 4. The quantitative estimate of drug-likeness (QED) is 0.717. The topological polar surface area (TPSA) is 71.9 Å². The van der Waals surface area contributed by atoms with Crippen LogP contribution in [0.5, 0.6) is 0 Å². The Hall–Kier alpha value is -2.61. The van der Waals surface area contributed by atoms with Gasteiger partial charge in [-0.25, -0.2) is 4.79 Å². The van der Waals surface area contributed by atoms with Crippen LogP contribution in [-0.2, 0) is 14.3 Å². The molecule has 1 fully saturated rings. The maximum absolute atomic E-state index is 12.9. The van der Waals surface area contributed by atoms with E-state index in [1.807, 2.05) is 44.4 Å². The van der Waals surface area contributed by atoms with Gasteiger partial charge in [-0.05, 0) is 45.4 Å². The number of ether oxygens (including phenoxy) is 1. The van der Waals surface area contributed by atoms with Crippen molar-refractivity contribution in [3.63, 3.8) is 0 Å². The molecule has 0 N–H and O–H groups in total. The molecule has 3 rings (SSSR count). The Morgan fingerprint density at radius 1 is 0.966 bits per heavy atom. The lowest BCUT2D eigenvalue weighted by atomic mass is 10.1. The molecular formula is C21H27N3O4S. The summed E-state index contributed by atoms with van der Waals surface area (Å²) in [6.45, 7) is 11.0. The maximum Gasteiger partial charge on any atom is 0.341 e. The number of esters is 1. The van der Waals surface area contributed by atoms with E-state index in [0.29, 0.717) is 31.7 Å². The van der Waals surface area contributed by atoms with Crippen LogP contribution in [0.25, 0.3) is 5.00 Å². The number of hydrogen-bond acceptors (Lipinski definition) is 5. The van der Waals surface area contributed by atoms with Gasteiger partial charge in [0.2, 0.25) is 5.91 Å². The second-order valence-corrected chi connectivity index (χ2v) is 8.58. The summed E-state index contributed by atoms with van der Waals surface area (Å²) in [5.41, 5.74) is 3.48. The molecule has 1 saturated heterocycles. The molecule has 0 bridgehead atoms. The molecule has 2 amide bonds. The minimum atomic E-state index is -0.481. The van der Waals surface area contributed by atoms with Gasteiger partial charge < -0.3 is 19.1 Å². The fraction of sp³-hybridized carbons (Fsp3) is 0.476. The number of carbonyl (C=O) groups excluding carboxylic acids is 3. The fourth-order valence-corrected chi connectivity index (χ4v) is 4.82. The van der Waals surface area contributed by atoms with Crippen molar-refractivity contribution in [1.29, 1.82) is 0 Å². The number of piperazine rings is 1. The molecule has 0 atom stereocenters. The number of hydrogen-bond donors (Lipinski definition) is 0. The van der Waals surface area contributed by atoms with Crippen molar-refractivity contribution in [3.05, 3.63) is 39.5 Å². The Kier molecular flexibility index (Phi) is 6.12. The van der Waals surface area contributed by atoms with Gasteiger partial charge >= 0.3 is 5.97 Å². The third-order valence-corrected chi connectivity index (χ3v) is 6.64. The van der Waals surface area contributed by atoms with E-state index < -0.39 is 5.97 Å². The van der Waals surface area contributed by atoms with Gasteiger partial charge in [-0.3, -0.25) is 9.59 Å². The lowest BCUT2D eigenvalue weighted by Crippen LogP contribution is -2.51. The van der Waals surface area contributed by atoms with E-state index in [1.54, 1.807) is 21.1 Å². The highest BCUT2D eigenvalue weighted by Gasteiger charge is 2.26. The smallest absolute Gasteiger partial charge is 0.341 e. The second kappa shape index (κ2) is 8.41. The monoisotopic (exact) mass is 417 g/mol. The first-order chi connectivity index (χ1) is 13.7. The molecule has 0 spiro atoms. The zero-order chi connectivity index (χ0) is 21.3. The summed E-state index contributed by atoms with van der Waals surface area (Å²) in [7, 11) is 0. The molecule has 2 aromatic rings. The van der Waals surface area contributed by atoms with E-state index in [-0.39, 0.29) is 18.4 Å². The average molecular weight is 418 g/mol. The van der Waals surface area contributed by atoms with Gasteiger partial charge in [-0.1, -0.05) is 0 Å². The van der Waals surface area contributed by atoms with Crippen molar-refractivity contribution in [3.8, 4) is 5.00 Å². The van der Waals surface area contributed by atoms with E-state index in [1.165, 1.54) is 6.92 Å². The number of nitrogens with zero attached hydrogens (tertiary/aromatic N) is 3. The Balaban J connectivity index is 1.71. The van der Waals surface area contributed by atoms with Gasteiger partial charge in [0.05, 0.1) is 5.56 Å². The lowest BCUT2D eigenvalue weighted by molar-refractivity contribution is -0.140. The first-order valence-corrected chi connectivity index (χ1v) is 10.5. The van der Waals surface area contributed by atoms with Crippen LogP contribution in [-0.4, -0.2) is 64.9 Å². The molecule has 0 radical (unpaired) electrons. The minimum absolute atomic E-state index is 0.00922. The molecule has 29 heavy (non-hydrogen) atoms. The molecule has 2 aromatic heterocycles. The van der Waals surface area contributed by atoms with Gasteiger partial charge in [0, 0.05) is 49.4 Å². The highest BCUT2D eigenvalue weighted by molar-refractivity contribution is 7.15.